The summed E-state index contributed by atoms with van der Waals surface area (Å²) in [5, 5.41) is 0. The summed E-state index contributed by atoms with van der Waals surface area (Å²) in [5.74, 6) is 3.90. The van der Waals surface area contributed by atoms with Crippen LogP contribution in [0, 0.1) is 0 Å². The van der Waals surface area contributed by atoms with Crippen molar-refractivity contribution in [3.8, 4) is 28.7 Å². The zero-order chi connectivity index (χ0) is 30.4. The van der Waals surface area contributed by atoms with E-state index in [1.165, 1.54) is 0 Å². The molecule has 1 unspecified atom stereocenters. The molecule has 0 aliphatic heterocycles. The lowest BCUT2D eigenvalue weighted by molar-refractivity contribution is 0.309. The van der Waals surface area contributed by atoms with Crippen LogP contribution < -0.4 is 23.7 Å². The zero-order valence-electron chi connectivity index (χ0n) is 25.1. The van der Waals surface area contributed by atoms with Crippen LogP contribution in [0.25, 0.3) is 5.57 Å². The molecule has 0 radical (unpaired) electrons. The molecule has 0 amide bonds. The molecule has 4 rings (SSSR count). The summed E-state index contributed by atoms with van der Waals surface area (Å²) in [6, 6.07) is 16.1. The van der Waals surface area contributed by atoms with E-state index in [1.54, 1.807) is 42.7 Å². The Balaban J connectivity index is 2.12. The van der Waals surface area contributed by atoms with Gasteiger partial charge in [0.25, 0.3) is 0 Å². The van der Waals surface area contributed by atoms with E-state index in [2.05, 4.69) is 58.9 Å². The number of ether oxygens (including phenoxy) is 6. The molecule has 3 aromatic rings. The van der Waals surface area contributed by atoms with Crippen molar-refractivity contribution < 1.29 is 28.4 Å². The smallest absolute Gasteiger partial charge is 0.137 e. The van der Waals surface area contributed by atoms with Gasteiger partial charge in [-0.15, -0.1) is 0 Å². The number of rotatable bonds is 11. The Morgan fingerprint density at radius 1 is 0.714 bits per heavy atom. The lowest BCUT2D eigenvalue weighted by atomic mass is 9.79. The molecule has 2 atom stereocenters. The van der Waals surface area contributed by atoms with Gasteiger partial charge in [0.2, 0.25) is 0 Å². The second-order valence-electron chi connectivity index (χ2n) is 9.65. The predicted molar refractivity (Wildman–Crippen MR) is 171 cm³/mol. The molecule has 0 spiro atoms. The standard InChI is InChI=1S/C35H37BrO6/c1-9-22(11-10-21(2)37-3)16-28-31(23-12-14-25(38-4)15-13-23)32(24-17-26(39-5)19-27(18-24)40-6)34-29(41-7)20-30(42-8)35(36)33(28)34/h9-20,31-32H,2H2,1,3-8H3/b11-10-,22-9+,28-16+/t31?,32-/m1/s1. The van der Waals surface area contributed by atoms with E-state index in [0.29, 0.717) is 23.0 Å². The van der Waals surface area contributed by atoms with Crippen LogP contribution in [0.4, 0.5) is 0 Å². The van der Waals surface area contributed by atoms with E-state index in [-0.39, 0.29) is 11.8 Å². The molecule has 0 fully saturated rings. The van der Waals surface area contributed by atoms with E-state index in [0.717, 1.165) is 49.4 Å². The van der Waals surface area contributed by atoms with E-state index in [9.17, 15) is 0 Å². The van der Waals surface area contributed by atoms with E-state index < -0.39 is 0 Å². The number of allylic oxidation sites excluding steroid dienone is 6. The Hall–Kier alpha value is -4.10. The molecule has 1 aliphatic carbocycles. The summed E-state index contributed by atoms with van der Waals surface area (Å²) in [5.41, 5.74) is 6.26. The van der Waals surface area contributed by atoms with Crippen molar-refractivity contribution in [1.82, 2.24) is 0 Å². The van der Waals surface area contributed by atoms with Crippen molar-refractivity contribution in [2.24, 2.45) is 0 Å². The largest absolute Gasteiger partial charge is 0.497 e. The van der Waals surface area contributed by atoms with Crippen LogP contribution in [0.1, 0.15) is 41.0 Å². The minimum atomic E-state index is -0.156. The van der Waals surface area contributed by atoms with Gasteiger partial charge in [0, 0.05) is 35.1 Å². The lowest BCUT2D eigenvalue weighted by Crippen LogP contribution is -2.09. The van der Waals surface area contributed by atoms with Crippen molar-refractivity contribution in [1.29, 1.82) is 0 Å². The Bertz CT molecular complexity index is 1510. The second-order valence-corrected chi connectivity index (χ2v) is 10.4. The fourth-order valence-corrected chi connectivity index (χ4v) is 6.13. The minimum Gasteiger partial charge on any atom is -0.497 e. The van der Waals surface area contributed by atoms with Gasteiger partial charge in [-0.2, -0.15) is 0 Å². The van der Waals surface area contributed by atoms with Crippen LogP contribution in [0.3, 0.4) is 0 Å². The lowest BCUT2D eigenvalue weighted by Gasteiger charge is -2.25. The molecule has 0 heterocycles. The first kappa shape index (κ1) is 30.8. The van der Waals surface area contributed by atoms with Gasteiger partial charge < -0.3 is 28.4 Å². The van der Waals surface area contributed by atoms with Gasteiger partial charge in [0.05, 0.1) is 47.1 Å². The molecule has 7 heteroatoms. The number of fused-ring (bicyclic) bond motifs is 1. The molecule has 0 N–H and O–H groups in total. The second kappa shape index (κ2) is 13.7. The monoisotopic (exact) mass is 632 g/mol. The van der Waals surface area contributed by atoms with Crippen molar-refractivity contribution >= 4 is 21.5 Å². The first-order chi connectivity index (χ1) is 20.3. The highest BCUT2D eigenvalue weighted by Crippen LogP contribution is 2.61. The van der Waals surface area contributed by atoms with Crippen LogP contribution in [-0.4, -0.2) is 42.7 Å². The summed E-state index contributed by atoms with van der Waals surface area (Å²) in [6.07, 6.45) is 8.12. The average molecular weight is 634 g/mol. The number of benzene rings is 3. The van der Waals surface area contributed by atoms with Crippen LogP contribution in [-0.2, 0) is 4.74 Å². The highest BCUT2D eigenvalue weighted by molar-refractivity contribution is 9.10. The first-order valence-electron chi connectivity index (χ1n) is 13.4. The van der Waals surface area contributed by atoms with E-state index >= 15 is 0 Å². The van der Waals surface area contributed by atoms with Gasteiger partial charge in [0.1, 0.15) is 34.5 Å². The van der Waals surface area contributed by atoms with Gasteiger partial charge in [0.15, 0.2) is 0 Å². The third kappa shape index (κ3) is 6.07. The molecular formula is C35H37BrO6. The van der Waals surface area contributed by atoms with Crippen molar-refractivity contribution in [2.75, 3.05) is 42.7 Å². The summed E-state index contributed by atoms with van der Waals surface area (Å²) in [6.45, 7) is 5.95. The molecule has 42 heavy (non-hydrogen) atoms. The Morgan fingerprint density at radius 2 is 1.33 bits per heavy atom. The van der Waals surface area contributed by atoms with Crippen LogP contribution >= 0.6 is 15.9 Å². The van der Waals surface area contributed by atoms with E-state index in [4.69, 9.17) is 28.4 Å². The molecule has 1 aliphatic rings. The summed E-state index contributed by atoms with van der Waals surface area (Å²) >= 11 is 3.90. The predicted octanol–water partition coefficient (Wildman–Crippen LogP) is 8.47. The Morgan fingerprint density at radius 3 is 1.86 bits per heavy atom. The van der Waals surface area contributed by atoms with Gasteiger partial charge in [-0.1, -0.05) is 36.9 Å². The average Bonchev–Trinajstić information content (AvgIpc) is 3.37. The number of hydrogen-bond donors (Lipinski definition) is 0. The van der Waals surface area contributed by atoms with Gasteiger partial charge in [-0.3, -0.25) is 0 Å². The van der Waals surface area contributed by atoms with Crippen molar-refractivity contribution in [3.05, 3.63) is 117 Å². The maximum Gasteiger partial charge on any atom is 0.137 e. The molecule has 0 saturated heterocycles. The maximum absolute atomic E-state index is 6.05. The van der Waals surface area contributed by atoms with Gasteiger partial charge in [-0.25, -0.2) is 0 Å². The summed E-state index contributed by atoms with van der Waals surface area (Å²) in [7, 11) is 9.95. The number of methoxy groups -OCH3 is 6. The molecule has 0 bridgehead atoms. The summed E-state index contributed by atoms with van der Waals surface area (Å²) < 4.78 is 34.9. The maximum atomic E-state index is 6.05. The van der Waals surface area contributed by atoms with E-state index in [1.807, 2.05) is 43.3 Å². The van der Waals surface area contributed by atoms with Crippen LogP contribution in [0.15, 0.2) is 95.2 Å². The topological polar surface area (TPSA) is 55.4 Å². The van der Waals surface area contributed by atoms with Gasteiger partial charge >= 0.3 is 0 Å². The fourth-order valence-electron chi connectivity index (χ4n) is 5.41. The zero-order valence-corrected chi connectivity index (χ0v) is 26.7. The molecule has 6 nitrogen and oxygen atoms in total. The SMILES string of the molecule is C=C(\C=C/C(=C\C)/C=C1/c2c(Br)c(OC)cc(OC)c2[C@H](c2cc(OC)cc(OC)c2)C1c1ccc(OC)cc1)OC. The minimum absolute atomic E-state index is 0.117. The van der Waals surface area contributed by atoms with Crippen LogP contribution in [0.2, 0.25) is 0 Å². The Labute approximate surface area is 257 Å². The third-order valence-corrected chi connectivity index (χ3v) is 8.32. The van der Waals surface area contributed by atoms with Crippen LogP contribution in [0.5, 0.6) is 28.7 Å². The van der Waals surface area contributed by atoms with Crippen molar-refractivity contribution in [3.63, 3.8) is 0 Å². The molecule has 3 aromatic carbocycles. The molecule has 220 valence electrons. The number of halogens is 1. The molecule has 0 saturated carbocycles. The number of hydrogen-bond acceptors (Lipinski definition) is 6. The highest BCUT2D eigenvalue weighted by Gasteiger charge is 2.43. The molecular weight excluding hydrogens is 596 g/mol. The quantitative estimate of drug-likeness (QED) is 0.156. The van der Waals surface area contributed by atoms with Gasteiger partial charge in [-0.05, 0) is 75.5 Å². The highest BCUT2D eigenvalue weighted by atomic mass is 79.9. The Kier molecular flexibility index (Phi) is 10.1. The first-order valence-corrected chi connectivity index (χ1v) is 14.2. The fraction of sp³-hybridized carbons (Fsp3) is 0.257. The van der Waals surface area contributed by atoms with Crippen molar-refractivity contribution in [2.45, 2.75) is 18.8 Å². The molecule has 0 aromatic heterocycles. The summed E-state index contributed by atoms with van der Waals surface area (Å²) in [4.78, 5) is 0. The normalized spacial score (nSPS) is 17.2. The third-order valence-electron chi connectivity index (χ3n) is 7.53.